The molecule has 0 atom stereocenters. The van der Waals surface area contributed by atoms with Crippen molar-refractivity contribution in [2.24, 2.45) is 0 Å². The summed E-state index contributed by atoms with van der Waals surface area (Å²) < 4.78 is 11.2. The number of nitrogens with zero attached hydrogens (tertiary/aromatic N) is 1. The van der Waals surface area contributed by atoms with Crippen LogP contribution in [0.3, 0.4) is 0 Å². The minimum atomic E-state index is 0.191. The van der Waals surface area contributed by atoms with Gasteiger partial charge in [0.25, 0.3) is 0 Å². The Balaban J connectivity index is 1.87. The molecule has 0 saturated carbocycles. The second-order valence-electron chi connectivity index (χ2n) is 5.17. The smallest absolute Gasteiger partial charge is 0.208 e. The lowest BCUT2D eigenvalue weighted by atomic mass is 10.2. The highest BCUT2D eigenvalue weighted by molar-refractivity contribution is 5.28. The SMILES string of the molecule is Cc1nc(CNCc2cccc(OC(C)C)c2)oc1C. The van der Waals surface area contributed by atoms with Crippen LogP contribution in [-0.2, 0) is 13.1 Å². The zero-order valence-electron chi connectivity index (χ0n) is 12.6. The Labute approximate surface area is 120 Å². The van der Waals surface area contributed by atoms with Gasteiger partial charge in [0.1, 0.15) is 11.5 Å². The average molecular weight is 274 g/mol. The van der Waals surface area contributed by atoms with Crippen LogP contribution in [0, 0.1) is 13.8 Å². The summed E-state index contributed by atoms with van der Waals surface area (Å²) in [6.07, 6.45) is 0.191. The maximum Gasteiger partial charge on any atom is 0.208 e. The van der Waals surface area contributed by atoms with Gasteiger partial charge in [-0.05, 0) is 45.4 Å². The van der Waals surface area contributed by atoms with E-state index in [0.29, 0.717) is 6.54 Å². The maximum absolute atomic E-state index is 5.68. The Bertz CT molecular complexity index is 542. The molecule has 0 spiro atoms. The largest absolute Gasteiger partial charge is 0.491 e. The van der Waals surface area contributed by atoms with Gasteiger partial charge in [-0.1, -0.05) is 12.1 Å². The van der Waals surface area contributed by atoms with Crippen molar-refractivity contribution >= 4 is 0 Å². The van der Waals surface area contributed by atoms with Gasteiger partial charge in [0.15, 0.2) is 0 Å². The number of aryl methyl sites for hydroxylation is 2. The summed E-state index contributed by atoms with van der Waals surface area (Å²) >= 11 is 0. The first kappa shape index (κ1) is 14.6. The van der Waals surface area contributed by atoms with Crippen molar-refractivity contribution in [1.29, 1.82) is 0 Å². The van der Waals surface area contributed by atoms with E-state index in [0.717, 1.165) is 29.6 Å². The van der Waals surface area contributed by atoms with Gasteiger partial charge in [-0.2, -0.15) is 0 Å². The van der Waals surface area contributed by atoms with Crippen molar-refractivity contribution in [2.45, 2.75) is 46.9 Å². The van der Waals surface area contributed by atoms with Gasteiger partial charge in [-0.15, -0.1) is 0 Å². The van der Waals surface area contributed by atoms with Crippen LogP contribution < -0.4 is 10.1 Å². The predicted octanol–water partition coefficient (Wildman–Crippen LogP) is 3.37. The molecule has 2 aromatic rings. The van der Waals surface area contributed by atoms with Crippen molar-refractivity contribution < 1.29 is 9.15 Å². The molecule has 0 amide bonds. The summed E-state index contributed by atoms with van der Waals surface area (Å²) in [4.78, 5) is 4.34. The second-order valence-corrected chi connectivity index (χ2v) is 5.17. The van der Waals surface area contributed by atoms with E-state index in [2.05, 4.69) is 22.4 Å². The van der Waals surface area contributed by atoms with Crippen molar-refractivity contribution in [2.75, 3.05) is 0 Å². The van der Waals surface area contributed by atoms with E-state index in [-0.39, 0.29) is 6.10 Å². The van der Waals surface area contributed by atoms with Crippen LogP contribution in [0.5, 0.6) is 5.75 Å². The fraction of sp³-hybridized carbons (Fsp3) is 0.438. The first-order chi connectivity index (χ1) is 9.54. The molecule has 0 saturated heterocycles. The van der Waals surface area contributed by atoms with E-state index in [1.807, 2.05) is 39.8 Å². The van der Waals surface area contributed by atoms with Crippen LogP contribution >= 0.6 is 0 Å². The molecule has 2 rings (SSSR count). The summed E-state index contributed by atoms with van der Waals surface area (Å²) in [7, 11) is 0. The van der Waals surface area contributed by atoms with Gasteiger partial charge in [0.2, 0.25) is 5.89 Å². The molecule has 1 N–H and O–H groups in total. The third-order valence-electron chi connectivity index (χ3n) is 2.95. The Kier molecular flexibility index (Phi) is 4.79. The Morgan fingerprint density at radius 1 is 1.25 bits per heavy atom. The highest BCUT2D eigenvalue weighted by Gasteiger charge is 2.05. The fourth-order valence-corrected chi connectivity index (χ4v) is 1.93. The molecular weight excluding hydrogens is 252 g/mol. The van der Waals surface area contributed by atoms with E-state index >= 15 is 0 Å². The number of hydrogen-bond acceptors (Lipinski definition) is 4. The van der Waals surface area contributed by atoms with Crippen LogP contribution in [0.4, 0.5) is 0 Å². The molecular formula is C16H22N2O2. The van der Waals surface area contributed by atoms with E-state index in [9.17, 15) is 0 Å². The fourth-order valence-electron chi connectivity index (χ4n) is 1.93. The molecule has 0 aliphatic heterocycles. The summed E-state index contributed by atoms with van der Waals surface area (Å²) in [5.41, 5.74) is 2.14. The molecule has 0 unspecified atom stereocenters. The molecule has 1 heterocycles. The highest BCUT2D eigenvalue weighted by Crippen LogP contribution is 2.15. The third kappa shape index (κ3) is 4.10. The van der Waals surface area contributed by atoms with Crippen LogP contribution in [0.2, 0.25) is 0 Å². The Morgan fingerprint density at radius 2 is 2.05 bits per heavy atom. The van der Waals surface area contributed by atoms with E-state index < -0.39 is 0 Å². The van der Waals surface area contributed by atoms with Crippen molar-refractivity contribution in [3.8, 4) is 5.75 Å². The van der Waals surface area contributed by atoms with E-state index in [1.165, 1.54) is 5.56 Å². The van der Waals surface area contributed by atoms with Gasteiger partial charge in [-0.25, -0.2) is 4.98 Å². The van der Waals surface area contributed by atoms with Gasteiger partial charge < -0.3 is 14.5 Å². The minimum absolute atomic E-state index is 0.191. The summed E-state index contributed by atoms with van der Waals surface area (Å²) in [5, 5.41) is 3.33. The molecule has 1 aromatic heterocycles. The maximum atomic E-state index is 5.68. The van der Waals surface area contributed by atoms with E-state index in [4.69, 9.17) is 9.15 Å². The number of oxazole rings is 1. The molecule has 0 fully saturated rings. The second kappa shape index (κ2) is 6.57. The number of ether oxygens (including phenoxy) is 1. The molecule has 108 valence electrons. The van der Waals surface area contributed by atoms with Crippen molar-refractivity contribution in [3.63, 3.8) is 0 Å². The molecule has 0 bridgehead atoms. The molecule has 4 nitrogen and oxygen atoms in total. The lowest BCUT2D eigenvalue weighted by molar-refractivity contribution is 0.242. The van der Waals surface area contributed by atoms with Crippen LogP contribution in [0.1, 0.15) is 36.8 Å². The lowest BCUT2D eigenvalue weighted by Crippen LogP contribution is -2.13. The Hall–Kier alpha value is -1.81. The van der Waals surface area contributed by atoms with Gasteiger partial charge in [-0.3, -0.25) is 0 Å². The van der Waals surface area contributed by atoms with Crippen molar-refractivity contribution in [3.05, 3.63) is 47.2 Å². The number of benzene rings is 1. The molecule has 0 aliphatic carbocycles. The molecule has 4 heteroatoms. The number of nitrogens with one attached hydrogen (secondary N) is 1. The molecule has 1 aromatic carbocycles. The van der Waals surface area contributed by atoms with Gasteiger partial charge in [0, 0.05) is 6.54 Å². The number of rotatable bonds is 6. The normalized spacial score (nSPS) is 11.1. The predicted molar refractivity (Wildman–Crippen MR) is 78.7 cm³/mol. The third-order valence-corrected chi connectivity index (χ3v) is 2.95. The minimum Gasteiger partial charge on any atom is -0.491 e. The van der Waals surface area contributed by atoms with Crippen molar-refractivity contribution in [1.82, 2.24) is 10.3 Å². The monoisotopic (exact) mass is 274 g/mol. The topological polar surface area (TPSA) is 47.3 Å². The Morgan fingerprint density at radius 3 is 2.70 bits per heavy atom. The summed E-state index contributed by atoms with van der Waals surface area (Å²) in [6.45, 7) is 9.32. The molecule has 0 radical (unpaired) electrons. The molecule has 20 heavy (non-hydrogen) atoms. The first-order valence-electron chi connectivity index (χ1n) is 6.94. The summed E-state index contributed by atoms with van der Waals surface area (Å²) in [6, 6.07) is 8.11. The number of hydrogen-bond donors (Lipinski definition) is 1. The highest BCUT2D eigenvalue weighted by atomic mass is 16.5. The number of aromatic nitrogens is 1. The van der Waals surface area contributed by atoms with Crippen LogP contribution in [0.15, 0.2) is 28.7 Å². The van der Waals surface area contributed by atoms with E-state index in [1.54, 1.807) is 0 Å². The standard InChI is InChI=1S/C16H22N2O2/c1-11(2)19-15-7-5-6-14(8-15)9-17-10-16-18-12(3)13(4)20-16/h5-8,11,17H,9-10H2,1-4H3. The summed E-state index contributed by atoms with van der Waals surface area (Å²) in [5.74, 6) is 2.52. The van der Waals surface area contributed by atoms with Gasteiger partial charge in [0.05, 0.1) is 18.3 Å². The van der Waals surface area contributed by atoms with Crippen LogP contribution in [-0.4, -0.2) is 11.1 Å². The zero-order chi connectivity index (χ0) is 14.5. The lowest BCUT2D eigenvalue weighted by Gasteiger charge is -2.11. The first-order valence-corrected chi connectivity index (χ1v) is 6.94. The van der Waals surface area contributed by atoms with Gasteiger partial charge >= 0.3 is 0 Å². The quantitative estimate of drug-likeness (QED) is 0.877. The van der Waals surface area contributed by atoms with Crippen LogP contribution in [0.25, 0.3) is 0 Å². The molecule has 0 aliphatic rings. The average Bonchev–Trinajstić information content (AvgIpc) is 2.68. The zero-order valence-corrected chi connectivity index (χ0v) is 12.6.